The number of aromatic nitrogens is 1. The largest absolute Gasteiger partial charge is 0.330 e. The van der Waals surface area contributed by atoms with Gasteiger partial charge in [-0.15, -0.1) is 11.3 Å². The SMILES string of the molecule is Cc1nc(-c2cc(F)cc(Br)c2)sc1CCN. The number of nitrogens with two attached hydrogens (primary N) is 1. The minimum Gasteiger partial charge on any atom is -0.330 e. The van der Waals surface area contributed by atoms with E-state index in [0.29, 0.717) is 6.54 Å². The standard InChI is InChI=1S/C12H12BrFN2S/c1-7-11(2-3-15)17-12(16-7)8-4-9(13)6-10(14)5-8/h4-6H,2-3,15H2,1H3. The summed E-state index contributed by atoms with van der Waals surface area (Å²) in [5.41, 5.74) is 7.32. The first kappa shape index (κ1) is 12.7. The number of rotatable bonds is 3. The van der Waals surface area contributed by atoms with E-state index in [1.165, 1.54) is 17.0 Å². The maximum atomic E-state index is 13.3. The topological polar surface area (TPSA) is 38.9 Å². The highest BCUT2D eigenvalue weighted by Crippen LogP contribution is 2.30. The fourth-order valence-electron chi connectivity index (χ4n) is 1.59. The molecule has 0 unspecified atom stereocenters. The Labute approximate surface area is 112 Å². The molecule has 90 valence electrons. The third-order valence-electron chi connectivity index (χ3n) is 2.37. The molecule has 0 bridgehead atoms. The molecule has 1 aromatic heterocycles. The maximum Gasteiger partial charge on any atom is 0.125 e. The predicted molar refractivity (Wildman–Crippen MR) is 72.7 cm³/mol. The zero-order valence-corrected chi connectivity index (χ0v) is 11.7. The van der Waals surface area contributed by atoms with Crippen molar-refractivity contribution < 1.29 is 4.39 Å². The van der Waals surface area contributed by atoms with Crippen molar-refractivity contribution in [1.29, 1.82) is 0 Å². The zero-order chi connectivity index (χ0) is 12.4. The molecular formula is C12H12BrFN2S. The van der Waals surface area contributed by atoms with Gasteiger partial charge in [-0.25, -0.2) is 9.37 Å². The lowest BCUT2D eigenvalue weighted by Gasteiger charge is -1.98. The number of hydrogen-bond donors (Lipinski definition) is 1. The normalized spacial score (nSPS) is 10.8. The first-order valence-corrected chi connectivity index (χ1v) is 6.84. The van der Waals surface area contributed by atoms with Crippen molar-refractivity contribution in [2.24, 2.45) is 5.73 Å². The van der Waals surface area contributed by atoms with Gasteiger partial charge in [0, 0.05) is 14.9 Å². The molecule has 0 aliphatic rings. The smallest absolute Gasteiger partial charge is 0.125 e. The van der Waals surface area contributed by atoms with Crippen molar-refractivity contribution >= 4 is 27.3 Å². The van der Waals surface area contributed by atoms with Gasteiger partial charge < -0.3 is 5.73 Å². The first-order valence-electron chi connectivity index (χ1n) is 5.23. The van der Waals surface area contributed by atoms with Crippen LogP contribution >= 0.6 is 27.3 Å². The van der Waals surface area contributed by atoms with E-state index in [1.54, 1.807) is 11.3 Å². The molecule has 2 aromatic rings. The van der Waals surface area contributed by atoms with Gasteiger partial charge in [-0.05, 0) is 38.1 Å². The first-order chi connectivity index (χ1) is 8.10. The molecule has 0 amide bonds. The zero-order valence-electron chi connectivity index (χ0n) is 9.34. The number of aryl methyl sites for hydroxylation is 1. The van der Waals surface area contributed by atoms with Gasteiger partial charge >= 0.3 is 0 Å². The summed E-state index contributed by atoms with van der Waals surface area (Å²) in [6.45, 7) is 2.56. The van der Waals surface area contributed by atoms with Gasteiger partial charge in [-0.2, -0.15) is 0 Å². The summed E-state index contributed by atoms with van der Waals surface area (Å²) in [5.74, 6) is -0.261. The molecule has 2 rings (SSSR count). The van der Waals surface area contributed by atoms with Crippen LogP contribution in [0.1, 0.15) is 10.6 Å². The monoisotopic (exact) mass is 314 g/mol. The Balaban J connectivity index is 2.42. The van der Waals surface area contributed by atoms with E-state index in [9.17, 15) is 4.39 Å². The second-order valence-electron chi connectivity index (χ2n) is 3.72. The lowest BCUT2D eigenvalue weighted by Crippen LogP contribution is -2.01. The number of halogens is 2. The Morgan fingerprint density at radius 3 is 2.82 bits per heavy atom. The van der Waals surface area contributed by atoms with Crippen molar-refractivity contribution in [2.45, 2.75) is 13.3 Å². The van der Waals surface area contributed by atoms with E-state index >= 15 is 0 Å². The van der Waals surface area contributed by atoms with Crippen LogP contribution in [0.4, 0.5) is 4.39 Å². The van der Waals surface area contributed by atoms with E-state index in [2.05, 4.69) is 20.9 Å². The van der Waals surface area contributed by atoms with Crippen molar-refractivity contribution in [3.05, 3.63) is 39.1 Å². The lowest BCUT2D eigenvalue weighted by atomic mass is 10.2. The molecular weight excluding hydrogens is 303 g/mol. The maximum absolute atomic E-state index is 13.3. The van der Waals surface area contributed by atoms with Crippen LogP contribution in [0.15, 0.2) is 22.7 Å². The van der Waals surface area contributed by atoms with Crippen molar-refractivity contribution in [3.63, 3.8) is 0 Å². The summed E-state index contributed by atoms with van der Waals surface area (Å²) in [6.07, 6.45) is 0.819. The molecule has 0 saturated heterocycles. The van der Waals surface area contributed by atoms with Crippen LogP contribution in [-0.2, 0) is 6.42 Å². The van der Waals surface area contributed by atoms with Crippen LogP contribution in [-0.4, -0.2) is 11.5 Å². The van der Waals surface area contributed by atoms with Crippen LogP contribution in [0.2, 0.25) is 0 Å². The fraction of sp³-hybridized carbons (Fsp3) is 0.250. The Morgan fingerprint density at radius 2 is 2.18 bits per heavy atom. The van der Waals surface area contributed by atoms with Crippen molar-refractivity contribution in [2.75, 3.05) is 6.54 Å². The van der Waals surface area contributed by atoms with Crippen LogP contribution in [0.3, 0.4) is 0 Å². The summed E-state index contributed by atoms with van der Waals surface area (Å²) in [7, 11) is 0. The molecule has 0 aliphatic carbocycles. The third kappa shape index (κ3) is 2.91. The molecule has 0 radical (unpaired) electrons. The third-order valence-corrected chi connectivity index (χ3v) is 4.10. The number of thiazole rings is 1. The fourth-order valence-corrected chi connectivity index (χ4v) is 3.12. The molecule has 0 atom stereocenters. The highest BCUT2D eigenvalue weighted by molar-refractivity contribution is 9.10. The lowest BCUT2D eigenvalue weighted by molar-refractivity contribution is 0.627. The Kier molecular flexibility index (Phi) is 3.91. The van der Waals surface area contributed by atoms with Gasteiger partial charge in [0.25, 0.3) is 0 Å². The van der Waals surface area contributed by atoms with E-state index < -0.39 is 0 Å². The average Bonchev–Trinajstić information content (AvgIpc) is 2.60. The Hall–Kier alpha value is -0.780. The summed E-state index contributed by atoms with van der Waals surface area (Å²) in [4.78, 5) is 5.63. The highest BCUT2D eigenvalue weighted by Gasteiger charge is 2.10. The van der Waals surface area contributed by atoms with Gasteiger partial charge in [-0.3, -0.25) is 0 Å². The molecule has 1 aromatic carbocycles. The number of nitrogens with zero attached hydrogens (tertiary/aromatic N) is 1. The Bertz CT molecular complexity index is 519. The van der Waals surface area contributed by atoms with Crippen LogP contribution in [0.25, 0.3) is 10.6 Å². The minimum atomic E-state index is -0.261. The van der Waals surface area contributed by atoms with Crippen molar-refractivity contribution in [3.8, 4) is 10.6 Å². The van der Waals surface area contributed by atoms with E-state index in [4.69, 9.17) is 5.73 Å². The van der Waals surface area contributed by atoms with Gasteiger partial charge in [0.15, 0.2) is 0 Å². The summed E-state index contributed by atoms with van der Waals surface area (Å²) in [6, 6.07) is 4.80. The summed E-state index contributed by atoms with van der Waals surface area (Å²) < 4.78 is 14.0. The summed E-state index contributed by atoms with van der Waals surface area (Å²) in [5, 5.41) is 0.839. The molecule has 2 nitrogen and oxygen atoms in total. The molecule has 2 N–H and O–H groups in total. The Morgan fingerprint density at radius 1 is 1.41 bits per heavy atom. The molecule has 1 heterocycles. The van der Waals surface area contributed by atoms with E-state index in [-0.39, 0.29) is 5.82 Å². The predicted octanol–water partition coefficient (Wildman–Crippen LogP) is 3.52. The second kappa shape index (κ2) is 5.25. The molecule has 17 heavy (non-hydrogen) atoms. The van der Waals surface area contributed by atoms with E-state index in [1.807, 2.05) is 13.0 Å². The number of benzene rings is 1. The molecule has 5 heteroatoms. The quantitative estimate of drug-likeness (QED) is 0.941. The van der Waals surface area contributed by atoms with Crippen LogP contribution in [0.5, 0.6) is 0 Å². The second-order valence-corrected chi connectivity index (χ2v) is 5.72. The molecule has 0 fully saturated rings. The minimum absolute atomic E-state index is 0.261. The van der Waals surface area contributed by atoms with E-state index in [0.717, 1.165) is 27.2 Å². The highest BCUT2D eigenvalue weighted by atomic mass is 79.9. The van der Waals surface area contributed by atoms with Crippen molar-refractivity contribution in [1.82, 2.24) is 4.98 Å². The van der Waals surface area contributed by atoms with Gasteiger partial charge in [0.2, 0.25) is 0 Å². The average molecular weight is 315 g/mol. The van der Waals surface area contributed by atoms with Gasteiger partial charge in [-0.1, -0.05) is 15.9 Å². The summed E-state index contributed by atoms with van der Waals surface area (Å²) >= 11 is 4.86. The molecule has 0 saturated carbocycles. The van der Waals surface area contributed by atoms with Crippen LogP contribution in [0, 0.1) is 12.7 Å². The van der Waals surface area contributed by atoms with Crippen LogP contribution < -0.4 is 5.73 Å². The molecule has 0 spiro atoms. The van der Waals surface area contributed by atoms with Gasteiger partial charge in [0.05, 0.1) is 5.69 Å². The molecule has 0 aliphatic heterocycles. The van der Waals surface area contributed by atoms with Gasteiger partial charge in [0.1, 0.15) is 10.8 Å². The number of hydrogen-bond acceptors (Lipinski definition) is 3.